The SMILES string of the molecule is CCC(Nc1cc(Br)ccc1Cl)c1ccccc1. The van der Waals surface area contributed by atoms with Crippen molar-refractivity contribution in [3.05, 3.63) is 63.6 Å². The topological polar surface area (TPSA) is 12.0 Å². The first-order valence-corrected chi connectivity index (χ1v) is 7.14. The average Bonchev–Trinajstić information content (AvgIpc) is 2.41. The summed E-state index contributed by atoms with van der Waals surface area (Å²) in [5.74, 6) is 0. The molecule has 2 aromatic rings. The molecular formula is C15H15BrClN. The lowest BCUT2D eigenvalue weighted by Crippen LogP contribution is -2.09. The zero-order valence-electron chi connectivity index (χ0n) is 10.2. The van der Waals surface area contributed by atoms with E-state index in [-0.39, 0.29) is 6.04 Å². The van der Waals surface area contributed by atoms with E-state index in [1.165, 1.54) is 5.56 Å². The van der Waals surface area contributed by atoms with Gasteiger partial charge in [-0.15, -0.1) is 0 Å². The van der Waals surface area contributed by atoms with Gasteiger partial charge in [0.15, 0.2) is 0 Å². The largest absolute Gasteiger partial charge is 0.377 e. The zero-order chi connectivity index (χ0) is 13.0. The Bertz CT molecular complexity index is 513. The van der Waals surface area contributed by atoms with E-state index >= 15 is 0 Å². The van der Waals surface area contributed by atoms with Crippen LogP contribution in [0.5, 0.6) is 0 Å². The molecule has 1 unspecified atom stereocenters. The van der Waals surface area contributed by atoms with Crippen LogP contribution in [0.25, 0.3) is 0 Å². The summed E-state index contributed by atoms with van der Waals surface area (Å²) >= 11 is 9.67. The van der Waals surface area contributed by atoms with Crippen LogP contribution in [0, 0.1) is 0 Å². The Morgan fingerprint density at radius 2 is 1.89 bits per heavy atom. The van der Waals surface area contributed by atoms with Crippen LogP contribution in [0.2, 0.25) is 5.02 Å². The molecule has 0 radical (unpaired) electrons. The van der Waals surface area contributed by atoms with E-state index in [0.29, 0.717) is 0 Å². The molecule has 0 aliphatic rings. The smallest absolute Gasteiger partial charge is 0.0638 e. The molecule has 0 aliphatic heterocycles. The lowest BCUT2D eigenvalue weighted by atomic mass is 10.0. The molecule has 0 spiro atoms. The van der Waals surface area contributed by atoms with Crippen molar-refractivity contribution in [3.8, 4) is 0 Å². The number of halogens is 2. The quantitative estimate of drug-likeness (QED) is 0.764. The highest BCUT2D eigenvalue weighted by Crippen LogP contribution is 2.30. The highest BCUT2D eigenvalue weighted by molar-refractivity contribution is 9.10. The molecule has 0 bridgehead atoms. The van der Waals surface area contributed by atoms with Crippen LogP contribution in [0.4, 0.5) is 5.69 Å². The second-order valence-corrected chi connectivity index (χ2v) is 5.46. The number of hydrogen-bond donors (Lipinski definition) is 1. The van der Waals surface area contributed by atoms with Crippen LogP contribution in [-0.4, -0.2) is 0 Å². The normalized spacial score (nSPS) is 12.2. The van der Waals surface area contributed by atoms with E-state index < -0.39 is 0 Å². The summed E-state index contributed by atoms with van der Waals surface area (Å²) in [5, 5.41) is 4.24. The predicted molar refractivity (Wildman–Crippen MR) is 82.2 cm³/mol. The number of benzene rings is 2. The molecule has 3 heteroatoms. The fourth-order valence-corrected chi connectivity index (χ4v) is 2.44. The molecule has 0 saturated carbocycles. The van der Waals surface area contributed by atoms with Gasteiger partial charge in [-0.1, -0.05) is 64.8 Å². The molecule has 1 atom stereocenters. The van der Waals surface area contributed by atoms with Crippen molar-refractivity contribution >= 4 is 33.2 Å². The van der Waals surface area contributed by atoms with Crippen LogP contribution in [0.15, 0.2) is 53.0 Å². The molecule has 94 valence electrons. The minimum atomic E-state index is 0.276. The van der Waals surface area contributed by atoms with Gasteiger partial charge < -0.3 is 5.32 Å². The second-order valence-electron chi connectivity index (χ2n) is 4.14. The van der Waals surface area contributed by atoms with Crippen LogP contribution in [-0.2, 0) is 0 Å². The Balaban J connectivity index is 2.23. The highest BCUT2D eigenvalue weighted by atomic mass is 79.9. The van der Waals surface area contributed by atoms with E-state index in [1.807, 2.05) is 24.3 Å². The molecule has 1 N–H and O–H groups in total. The third-order valence-corrected chi connectivity index (χ3v) is 3.69. The van der Waals surface area contributed by atoms with Crippen LogP contribution in [0.1, 0.15) is 24.9 Å². The fraction of sp³-hybridized carbons (Fsp3) is 0.200. The number of hydrogen-bond acceptors (Lipinski definition) is 1. The average molecular weight is 325 g/mol. The van der Waals surface area contributed by atoms with Gasteiger partial charge in [0, 0.05) is 4.47 Å². The second kappa shape index (κ2) is 6.26. The van der Waals surface area contributed by atoms with Gasteiger partial charge in [-0.2, -0.15) is 0 Å². The highest BCUT2D eigenvalue weighted by Gasteiger charge is 2.10. The third-order valence-electron chi connectivity index (χ3n) is 2.87. The Morgan fingerprint density at radius 3 is 2.56 bits per heavy atom. The molecule has 2 aromatic carbocycles. The maximum Gasteiger partial charge on any atom is 0.0638 e. The predicted octanol–water partition coefficient (Wildman–Crippen LogP) is 5.67. The van der Waals surface area contributed by atoms with Crippen molar-refractivity contribution < 1.29 is 0 Å². The fourth-order valence-electron chi connectivity index (χ4n) is 1.90. The molecular weight excluding hydrogens is 310 g/mol. The van der Waals surface area contributed by atoms with Crippen LogP contribution >= 0.6 is 27.5 Å². The van der Waals surface area contributed by atoms with Crippen molar-refractivity contribution in [2.75, 3.05) is 5.32 Å². The van der Waals surface area contributed by atoms with Gasteiger partial charge in [0.1, 0.15) is 0 Å². The molecule has 18 heavy (non-hydrogen) atoms. The molecule has 0 heterocycles. The lowest BCUT2D eigenvalue weighted by Gasteiger charge is -2.19. The Morgan fingerprint density at radius 1 is 1.17 bits per heavy atom. The van der Waals surface area contributed by atoms with Crippen molar-refractivity contribution in [1.82, 2.24) is 0 Å². The van der Waals surface area contributed by atoms with E-state index in [1.54, 1.807) is 0 Å². The summed E-state index contributed by atoms with van der Waals surface area (Å²) in [6, 6.07) is 16.5. The van der Waals surface area contributed by atoms with Crippen LogP contribution < -0.4 is 5.32 Å². The van der Waals surface area contributed by atoms with Gasteiger partial charge in [-0.05, 0) is 30.2 Å². The molecule has 0 aromatic heterocycles. The van der Waals surface area contributed by atoms with Gasteiger partial charge in [0.25, 0.3) is 0 Å². The van der Waals surface area contributed by atoms with Gasteiger partial charge in [-0.3, -0.25) is 0 Å². The molecule has 0 amide bonds. The Labute approximate surface area is 121 Å². The van der Waals surface area contributed by atoms with Crippen molar-refractivity contribution in [2.45, 2.75) is 19.4 Å². The first-order chi connectivity index (χ1) is 8.70. The third kappa shape index (κ3) is 3.27. The number of anilines is 1. The summed E-state index contributed by atoms with van der Waals surface area (Å²) in [6.07, 6.45) is 1.01. The summed E-state index contributed by atoms with van der Waals surface area (Å²) in [5.41, 5.74) is 2.23. The monoisotopic (exact) mass is 323 g/mol. The summed E-state index contributed by atoms with van der Waals surface area (Å²) in [4.78, 5) is 0. The maximum absolute atomic E-state index is 6.20. The number of rotatable bonds is 4. The molecule has 1 nitrogen and oxygen atoms in total. The van der Waals surface area contributed by atoms with Crippen LogP contribution in [0.3, 0.4) is 0 Å². The van der Waals surface area contributed by atoms with Crippen molar-refractivity contribution in [2.24, 2.45) is 0 Å². The van der Waals surface area contributed by atoms with Gasteiger partial charge >= 0.3 is 0 Å². The van der Waals surface area contributed by atoms with Gasteiger partial charge in [-0.25, -0.2) is 0 Å². The number of nitrogens with one attached hydrogen (secondary N) is 1. The first-order valence-electron chi connectivity index (χ1n) is 5.97. The summed E-state index contributed by atoms with van der Waals surface area (Å²) < 4.78 is 1.03. The van der Waals surface area contributed by atoms with E-state index in [9.17, 15) is 0 Å². The first kappa shape index (κ1) is 13.4. The van der Waals surface area contributed by atoms with Gasteiger partial charge in [0.2, 0.25) is 0 Å². The minimum Gasteiger partial charge on any atom is -0.377 e. The van der Waals surface area contributed by atoms with E-state index in [4.69, 9.17) is 11.6 Å². The maximum atomic E-state index is 6.20. The zero-order valence-corrected chi connectivity index (χ0v) is 12.5. The van der Waals surface area contributed by atoms with E-state index in [2.05, 4.69) is 52.4 Å². The van der Waals surface area contributed by atoms with Crippen molar-refractivity contribution in [1.29, 1.82) is 0 Å². The minimum absolute atomic E-state index is 0.276. The molecule has 0 saturated heterocycles. The molecule has 2 rings (SSSR count). The summed E-state index contributed by atoms with van der Waals surface area (Å²) in [6.45, 7) is 2.16. The Kier molecular flexibility index (Phi) is 4.67. The summed E-state index contributed by atoms with van der Waals surface area (Å²) in [7, 11) is 0. The molecule has 0 fully saturated rings. The lowest BCUT2D eigenvalue weighted by molar-refractivity contribution is 0.749. The standard InChI is InChI=1S/C15H15BrClN/c1-2-14(11-6-4-3-5-7-11)18-15-10-12(16)8-9-13(15)17/h3-10,14,18H,2H2,1H3. The Hall–Kier alpha value is -0.990. The van der Waals surface area contributed by atoms with Crippen molar-refractivity contribution in [3.63, 3.8) is 0 Å². The van der Waals surface area contributed by atoms with Gasteiger partial charge in [0.05, 0.1) is 16.8 Å². The van der Waals surface area contributed by atoms with E-state index in [0.717, 1.165) is 21.6 Å². The molecule has 0 aliphatic carbocycles.